The molecular formula is C35H43N3O6. The van der Waals surface area contributed by atoms with E-state index < -0.39 is 12.1 Å². The van der Waals surface area contributed by atoms with Crippen molar-refractivity contribution in [1.29, 1.82) is 0 Å². The number of nitrogens with one attached hydrogen (secondary N) is 2. The van der Waals surface area contributed by atoms with Crippen LogP contribution in [0.1, 0.15) is 60.0 Å². The van der Waals surface area contributed by atoms with Gasteiger partial charge in [0.2, 0.25) is 0 Å². The van der Waals surface area contributed by atoms with E-state index in [1.165, 1.54) is 0 Å². The molecule has 0 saturated carbocycles. The van der Waals surface area contributed by atoms with Gasteiger partial charge in [-0.05, 0) is 22.3 Å². The van der Waals surface area contributed by atoms with Gasteiger partial charge in [0.15, 0.2) is 12.1 Å². The third kappa shape index (κ3) is 7.48. The standard InChI is InChI=1S/C35H43N3O6/c1-25-31(23-38-17-15-35(16-18-38)41-19-20-42-35)43-33(44-32(25)29-11-9-28(24-39)10-12-29)30-13-7-27(8-14-30)22-37-34(40)36-21-26-5-3-2-4-6-26/h2-14,25,31-33,39H,15-24H2,1H3,(H2,36,37,40). The van der Waals surface area contributed by atoms with Crippen LogP contribution in [0.5, 0.6) is 0 Å². The second-order valence-electron chi connectivity index (χ2n) is 12.0. The van der Waals surface area contributed by atoms with E-state index in [1.54, 1.807) is 0 Å². The van der Waals surface area contributed by atoms with Crippen molar-refractivity contribution in [3.63, 3.8) is 0 Å². The van der Waals surface area contributed by atoms with Gasteiger partial charge in [0.05, 0.1) is 32.0 Å². The van der Waals surface area contributed by atoms with Crippen LogP contribution in [-0.2, 0) is 38.6 Å². The predicted octanol–water partition coefficient (Wildman–Crippen LogP) is 4.81. The highest BCUT2D eigenvalue weighted by Gasteiger charge is 2.43. The number of carbonyl (C=O) groups excluding carboxylic acids is 1. The lowest BCUT2D eigenvalue weighted by Gasteiger charge is -2.44. The number of hydrogen-bond acceptors (Lipinski definition) is 7. The summed E-state index contributed by atoms with van der Waals surface area (Å²) in [5.41, 5.74) is 4.91. The lowest BCUT2D eigenvalue weighted by Crippen LogP contribution is -2.50. The number of urea groups is 1. The van der Waals surface area contributed by atoms with Crippen LogP contribution in [0.15, 0.2) is 78.9 Å². The fourth-order valence-electron chi connectivity index (χ4n) is 6.26. The van der Waals surface area contributed by atoms with E-state index in [1.807, 2.05) is 78.9 Å². The number of rotatable bonds is 9. The quantitative estimate of drug-likeness (QED) is 0.324. The maximum absolute atomic E-state index is 12.3. The zero-order chi connectivity index (χ0) is 30.4. The zero-order valence-electron chi connectivity index (χ0n) is 25.3. The highest BCUT2D eigenvalue weighted by Crippen LogP contribution is 2.42. The lowest BCUT2D eigenvalue weighted by atomic mass is 9.89. The Labute approximate surface area is 259 Å². The van der Waals surface area contributed by atoms with Crippen LogP contribution in [0.25, 0.3) is 0 Å². The smallest absolute Gasteiger partial charge is 0.315 e. The Morgan fingerprint density at radius 3 is 2.05 bits per heavy atom. The largest absolute Gasteiger partial charge is 0.392 e. The van der Waals surface area contributed by atoms with E-state index in [0.717, 1.165) is 60.3 Å². The van der Waals surface area contributed by atoms with Crippen LogP contribution < -0.4 is 10.6 Å². The highest BCUT2D eigenvalue weighted by atomic mass is 16.7. The molecule has 9 heteroatoms. The second kappa shape index (κ2) is 14.2. The van der Waals surface area contributed by atoms with Crippen molar-refractivity contribution in [3.05, 3.63) is 107 Å². The summed E-state index contributed by atoms with van der Waals surface area (Å²) in [5, 5.41) is 15.4. The molecule has 9 nitrogen and oxygen atoms in total. The van der Waals surface area contributed by atoms with Gasteiger partial charge < -0.3 is 39.6 Å². The van der Waals surface area contributed by atoms with E-state index in [4.69, 9.17) is 18.9 Å². The molecule has 3 fully saturated rings. The minimum absolute atomic E-state index is 0.00941. The monoisotopic (exact) mass is 601 g/mol. The van der Waals surface area contributed by atoms with E-state index >= 15 is 0 Å². The molecule has 3 heterocycles. The average molecular weight is 602 g/mol. The van der Waals surface area contributed by atoms with Gasteiger partial charge in [-0.25, -0.2) is 4.79 Å². The first-order chi connectivity index (χ1) is 21.5. The summed E-state index contributed by atoms with van der Waals surface area (Å²) in [5.74, 6) is -0.295. The molecule has 0 bridgehead atoms. The highest BCUT2D eigenvalue weighted by molar-refractivity contribution is 5.73. The Balaban J connectivity index is 1.10. The summed E-state index contributed by atoms with van der Waals surface area (Å²) >= 11 is 0. The molecule has 1 spiro atoms. The van der Waals surface area contributed by atoms with Gasteiger partial charge >= 0.3 is 6.03 Å². The van der Waals surface area contributed by atoms with E-state index in [9.17, 15) is 9.90 Å². The van der Waals surface area contributed by atoms with Crippen molar-refractivity contribution in [2.24, 2.45) is 5.92 Å². The van der Waals surface area contributed by atoms with Crippen molar-refractivity contribution in [2.45, 2.75) is 63.7 Å². The summed E-state index contributed by atoms with van der Waals surface area (Å²) in [7, 11) is 0. The number of hydrogen-bond donors (Lipinski definition) is 3. The molecule has 3 aromatic carbocycles. The van der Waals surface area contributed by atoms with Crippen LogP contribution in [0.2, 0.25) is 0 Å². The minimum atomic E-state index is -0.535. The normalized spacial score (nSPS) is 25.1. The van der Waals surface area contributed by atoms with Gasteiger partial charge in [-0.3, -0.25) is 0 Å². The second-order valence-corrected chi connectivity index (χ2v) is 12.0. The number of aliphatic hydroxyl groups is 1. The topological polar surface area (TPSA) is 102 Å². The van der Waals surface area contributed by atoms with E-state index in [0.29, 0.717) is 26.3 Å². The average Bonchev–Trinajstić information content (AvgIpc) is 3.53. The zero-order valence-corrected chi connectivity index (χ0v) is 25.3. The van der Waals surface area contributed by atoms with Gasteiger partial charge in [0.25, 0.3) is 0 Å². The van der Waals surface area contributed by atoms with Crippen molar-refractivity contribution in [2.75, 3.05) is 32.8 Å². The number of carbonyl (C=O) groups is 1. The number of piperidine rings is 1. The van der Waals surface area contributed by atoms with Crippen LogP contribution in [-0.4, -0.2) is 60.8 Å². The summed E-state index contributed by atoms with van der Waals surface area (Å²) in [6, 6.07) is 25.7. The molecule has 4 unspecified atom stereocenters. The van der Waals surface area contributed by atoms with Crippen molar-refractivity contribution >= 4 is 6.03 Å². The molecule has 6 rings (SSSR count). The molecule has 0 aliphatic carbocycles. The maximum Gasteiger partial charge on any atom is 0.315 e. The molecule has 3 N–H and O–H groups in total. The lowest BCUT2D eigenvalue weighted by molar-refractivity contribution is -0.278. The third-order valence-electron chi connectivity index (χ3n) is 8.99. The summed E-state index contributed by atoms with van der Waals surface area (Å²) in [6.45, 7) is 7.03. The number of likely N-dealkylation sites (tertiary alicyclic amines) is 1. The van der Waals surface area contributed by atoms with Crippen molar-refractivity contribution in [1.82, 2.24) is 15.5 Å². The van der Waals surface area contributed by atoms with E-state index in [-0.39, 0.29) is 30.8 Å². The predicted molar refractivity (Wildman–Crippen MR) is 165 cm³/mol. The Kier molecular flexibility index (Phi) is 9.91. The Morgan fingerprint density at radius 2 is 1.41 bits per heavy atom. The number of ether oxygens (including phenoxy) is 4. The molecule has 234 valence electrons. The minimum Gasteiger partial charge on any atom is -0.392 e. The SMILES string of the molecule is CC1C(CN2CCC3(CC2)OCCO3)OC(c2ccc(CNC(=O)NCc3ccccc3)cc2)OC1c1ccc(CO)cc1. The van der Waals surface area contributed by atoms with Crippen molar-refractivity contribution < 1.29 is 28.8 Å². The van der Waals surface area contributed by atoms with Gasteiger partial charge in [-0.15, -0.1) is 0 Å². The molecule has 3 saturated heterocycles. The Bertz CT molecular complexity index is 1340. The Hall–Kier alpha value is -3.31. The van der Waals surface area contributed by atoms with Crippen LogP contribution in [0.3, 0.4) is 0 Å². The molecule has 4 atom stereocenters. The first-order valence-corrected chi connectivity index (χ1v) is 15.7. The third-order valence-corrected chi connectivity index (χ3v) is 8.99. The number of aliphatic hydroxyl groups excluding tert-OH is 1. The summed E-state index contributed by atoms with van der Waals surface area (Å²) < 4.78 is 25.2. The molecule has 0 aromatic heterocycles. The molecule has 2 amide bonds. The number of nitrogens with zero attached hydrogens (tertiary/aromatic N) is 1. The molecule has 3 aliphatic rings. The van der Waals surface area contributed by atoms with Crippen molar-refractivity contribution in [3.8, 4) is 0 Å². The van der Waals surface area contributed by atoms with E-state index in [2.05, 4.69) is 22.5 Å². The molecular weight excluding hydrogens is 558 g/mol. The van der Waals surface area contributed by atoms with Crippen LogP contribution in [0, 0.1) is 5.92 Å². The van der Waals surface area contributed by atoms with Crippen LogP contribution >= 0.6 is 0 Å². The van der Waals surface area contributed by atoms with Gasteiger partial charge in [0, 0.05) is 57.0 Å². The summed E-state index contributed by atoms with van der Waals surface area (Å²) in [6.07, 6.45) is 0.969. The Morgan fingerprint density at radius 1 is 0.818 bits per heavy atom. The number of benzene rings is 3. The molecule has 44 heavy (non-hydrogen) atoms. The molecule has 3 aromatic rings. The molecule has 3 aliphatic heterocycles. The fraction of sp³-hybridized carbons (Fsp3) is 0.457. The summed E-state index contributed by atoms with van der Waals surface area (Å²) in [4.78, 5) is 14.8. The number of amides is 2. The van der Waals surface area contributed by atoms with Gasteiger partial charge in [0.1, 0.15) is 0 Å². The molecule has 0 radical (unpaired) electrons. The first kappa shape index (κ1) is 30.7. The first-order valence-electron chi connectivity index (χ1n) is 15.7. The fourth-order valence-corrected chi connectivity index (χ4v) is 6.26. The van der Waals surface area contributed by atoms with Gasteiger partial charge in [-0.2, -0.15) is 0 Å². The van der Waals surface area contributed by atoms with Crippen LogP contribution in [0.4, 0.5) is 4.79 Å². The maximum atomic E-state index is 12.3. The van der Waals surface area contributed by atoms with Gasteiger partial charge in [-0.1, -0.05) is 85.8 Å².